The summed E-state index contributed by atoms with van der Waals surface area (Å²) < 4.78 is 0. The van der Waals surface area contributed by atoms with Crippen molar-refractivity contribution in [3.05, 3.63) is 35.9 Å². The molecular weight excluding hydrogens is 242 g/mol. The summed E-state index contributed by atoms with van der Waals surface area (Å²) in [6, 6.07) is 10.0. The van der Waals surface area contributed by atoms with Crippen molar-refractivity contribution in [1.82, 2.24) is 21.2 Å². The van der Waals surface area contributed by atoms with Crippen molar-refractivity contribution in [1.29, 1.82) is 0 Å². The molecule has 1 aromatic carbocycles. The zero-order valence-corrected chi connectivity index (χ0v) is 11.1. The van der Waals surface area contributed by atoms with Gasteiger partial charge in [0, 0.05) is 19.0 Å². The molecule has 1 aliphatic heterocycles. The van der Waals surface area contributed by atoms with Crippen LogP contribution >= 0.6 is 0 Å². The van der Waals surface area contributed by atoms with Crippen molar-refractivity contribution in [2.24, 2.45) is 5.84 Å². The Morgan fingerprint density at radius 3 is 2.95 bits per heavy atom. The fraction of sp³-hybridized carbons (Fsp3) is 0.462. The highest BCUT2D eigenvalue weighted by molar-refractivity contribution is 5.77. The molecule has 6 nitrogen and oxygen atoms in total. The normalized spacial score (nSPS) is 21.3. The maximum Gasteiger partial charge on any atom is 0.222 e. The molecule has 0 saturated carbocycles. The topological polar surface area (TPSA) is 82.4 Å². The zero-order valence-electron chi connectivity index (χ0n) is 11.1. The third-order valence-corrected chi connectivity index (χ3v) is 3.37. The van der Waals surface area contributed by atoms with E-state index in [1.54, 1.807) is 0 Å². The molecule has 1 aromatic rings. The number of nitrogens with one attached hydrogen (secondary N) is 3. The summed E-state index contributed by atoms with van der Waals surface area (Å²) in [5.41, 5.74) is 3.70. The number of nitrogens with two attached hydrogens (primary N) is 1. The first-order valence-corrected chi connectivity index (χ1v) is 6.48. The first-order valence-electron chi connectivity index (χ1n) is 6.48. The van der Waals surface area contributed by atoms with E-state index in [1.165, 1.54) is 0 Å². The van der Waals surface area contributed by atoms with Crippen LogP contribution in [0.15, 0.2) is 30.3 Å². The van der Waals surface area contributed by atoms with Crippen LogP contribution in [-0.4, -0.2) is 30.2 Å². The highest BCUT2D eigenvalue weighted by Gasteiger charge is 2.26. The lowest BCUT2D eigenvalue weighted by atomic mass is 10.1. The Balaban J connectivity index is 1.84. The number of rotatable bonds is 5. The monoisotopic (exact) mass is 263 g/mol. The minimum absolute atomic E-state index is 0.0161. The van der Waals surface area contributed by atoms with E-state index in [9.17, 15) is 4.79 Å². The minimum Gasteiger partial charge on any atom is -0.350 e. The molecular formula is C13H21N5O. The molecule has 104 valence electrons. The van der Waals surface area contributed by atoms with Crippen LogP contribution in [0.25, 0.3) is 0 Å². The van der Waals surface area contributed by atoms with Gasteiger partial charge in [-0.3, -0.25) is 10.6 Å². The third kappa shape index (κ3) is 3.74. The van der Waals surface area contributed by atoms with Crippen molar-refractivity contribution in [3.8, 4) is 0 Å². The van der Waals surface area contributed by atoms with Crippen LogP contribution in [0.5, 0.6) is 0 Å². The predicted molar refractivity (Wildman–Crippen MR) is 73.4 cm³/mol. The lowest BCUT2D eigenvalue weighted by Gasteiger charge is -2.22. The number of benzene rings is 1. The Hall–Kier alpha value is -1.47. The molecule has 0 aromatic heterocycles. The van der Waals surface area contributed by atoms with Gasteiger partial charge < -0.3 is 10.6 Å². The van der Waals surface area contributed by atoms with E-state index in [0.29, 0.717) is 13.1 Å². The van der Waals surface area contributed by atoms with Gasteiger partial charge >= 0.3 is 0 Å². The van der Waals surface area contributed by atoms with Gasteiger partial charge in [0.1, 0.15) is 0 Å². The second-order valence-electron chi connectivity index (χ2n) is 4.77. The van der Waals surface area contributed by atoms with Gasteiger partial charge in [-0.15, -0.1) is 0 Å². The van der Waals surface area contributed by atoms with E-state index in [0.717, 1.165) is 12.1 Å². The van der Waals surface area contributed by atoms with Gasteiger partial charge in [0.2, 0.25) is 5.91 Å². The molecule has 5 N–H and O–H groups in total. The number of hydrazine groups is 2. The van der Waals surface area contributed by atoms with Crippen molar-refractivity contribution in [3.63, 3.8) is 0 Å². The second-order valence-corrected chi connectivity index (χ2v) is 4.77. The molecule has 2 atom stereocenters. The van der Waals surface area contributed by atoms with Crippen LogP contribution in [-0.2, 0) is 4.79 Å². The van der Waals surface area contributed by atoms with E-state index in [2.05, 4.69) is 16.2 Å². The number of nitrogens with zero attached hydrogens (tertiary/aromatic N) is 1. The lowest BCUT2D eigenvalue weighted by molar-refractivity contribution is -0.122. The van der Waals surface area contributed by atoms with Gasteiger partial charge in [-0.25, -0.2) is 5.01 Å². The van der Waals surface area contributed by atoms with Crippen LogP contribution in [0.3, 0.4) is 0 Å². The van der Waals surface area contributed by atoms with E-state index in [1.807, 2.05) is 42.3 Å². The van der Waals surface area contributed by atoms with E-state index < -0.39 is 0 Å². The maximum atomic E-state index is 12.0. The van der Waals surface area contributed by atoms with Crippen LogP contribution in [0.4, 0.5) is 0 Å². The quantitative estimate of drug-likeness (QED) is 0.439. The first kappa shape index (κ1) is 14.0. The highest BCUT2D eigenvalue weighted by atomic mass is 16.1. The second kappa shape index (κ2) is 6.63. The molecule has 2 unspecified atom stereocenters. The summed E-state index contributed by atoms with van der Waals surface area (Å²) in [4.78, 5) is 12.0. The van der Waals surface area contributed by atoms with Gasteiger partial charge in [0.15, 0.2) is 0 Å². The van der Waals surface area contributed by atoms with Crippen molar-refractivity contribution in [2.45, 2.75) is 25.4 Å². The number of amides is 1. The van der Waals surface area contributed by atoms with Crippen LogP contribution in [0.2, 0.25) is 0 Å². The van der Waals surface area contributed by atoms with E-state index >= 15 is 0 Å². The number of carbonyl (C=O) groups is 1. The van der Waals surface area contributed by atoms with Gasteiger partial charge in [-0.1, -0.05) is 30.3 Å². The molecule has 0 radical (unpaired) electrons. The van der Waals surface area contributed by atoms with Crippen molar-refractivity contribution >= 4 is 5.91 Å². The predicted octanol–water partition coefficient (Wildman–Crippen LogP) is -0.136. The summed E-state index contributed by atoms with van der Waals surface area (Å²) in [6.07, 6.45) is 0.425. The van der Waals surface area contributed by atoms with E-state index in [4.69, 9.17) is 5.84 Å². The van der Waals surface area contributed by atoms with Crippen molar-refractivity contribution in [2.75, 3.05) is 13.2 Å². The fourth-order valence-electron chi connectivity index (χ4n) is 2.26. The number of carbonyl (C=O) groups excluding carboxylic acids is 1. The lowest BCUT2D eigenvalue weighted by Crippen LogP contribution is -2.48. The highest BCUT2D eigenvalue weighted by Crippen LogP contribution is 2.12. The number of hydrogen-bond acceptors (Lipinski definition) is 5. The molecule has 1 amide bonds. The average Bonchev–Trinajstić information content (AvgIpc) is 2.86. The van der Waals surface area contributed by atoms with Gasteiger partial charge in [-0.05, 0) is 12.5 Å². The molecule has 2 rings (SSSR count). The molecule has 1 saturated heterocycles. The van der Waals surface area contributed by atoms with Crippen LogP contribution < -0.4 is 22.0 Å². The zero-order chi connectivity index (χ0) is 13.7. The van der Waals surface area contributed by atoms with Crippen LogP contribution in [0.1, 0.15) is 24.9 Å². The Kier molecular flexibility index (Phi) is 4.86. The third-order valence-electron chi connectivity index (χ3n) is 3.37. The molecule has 1 fully saturated rings. The minimum atomic E-state index is 0.0161. The maximum absolute atomic E-state index is 12.0. The first-order chi connectivity index (χ1) is 9.20. The molecule has 1 aliphatic rings. The molecule has 0 spiro atoms. The Morgan fingerprint density at radius 2 is 2.26 bits per heavy atom. The Morgan fingerprint density at radius 1 is 1.53 bits per heavy atom. The Bertz CT molecular complexity index is 411. The average molecular weight is 263 g/mol. The SMILES string of the molecule is CC(NC(=O)CC1CNCN1NN)c1ccccc1. The Labute approximate surface area is 113 Å². The van der Waals surface area contributed by atoms with E-state index in [-0.39, 0.29) is 18.0 Å². The standard InChI is InChI=1S/C13H21N5O/c1-10(11-5-3-2-4-6-11)16-13(19)7-12-8-15-9-18(12)17-14/h2-6,10,12,15,17H,7-9,14H2,1H3,(H,16,19). The van der Waals surface area contributed by atoms with Crippen molar-refractivity contribution < 1.29 is 4.79 Å². The summed E-state index contributed by atoms with van der Waals surface area (Å²) in [5.74, 6) is 5.43. The van der Waals surface area contributed by atoms with Gasteiger partial charge in [-0.2, -0.15) is 5.53 Å². The molecule has 0 bridgehead atoms. The smallest absolute Gasteiger partial charge is 0.222 e. The molecule has 19 heavy (non-hydrogen) atoms. The van der Waals surface area contributed by atoms with Gasteiger partial charge in [0.25, 0.3) is 0 Å². The largest absolute Gasteiger partial charge is 0.350 e. The van der Waals surface area contributed by atoms with Crippen LogP contribution in [0, 0.1) is 0 Å². The summed E-state index contributed by atoms with van der Waals surface area (Å²) in [6.45, 7) is 3.40. The molecule has 0 aliphatic carbocycles. The molecule has 1 heterocycles. The summed E-state index contributed by atoms with van der Waals surface area (Å²) in [7, 11) is 0. The van der Waals surface area contributed by atoms with Gasteiger partial charge in [0.05, 0.1) is 12.7 Å². The summed E-state index contributed by atoms with van der Waals surface area (Å²) >= 11 is 0. The number of hydrogen-bond donors (Lipinski definition) is 4. The summed E-state index contributed by atoms with van der Waals surface area (Å²) in [5, 5.41) is 8.00. The fourth-order valence-corrected chi connectivity index (χ4v) is 2.26. The molecule has 6 heteroatoms.